The molecule has 0 aromatic rings. The van der Waals surface area contributed by atoms with Crippen molar-refractivity contribution in [3.05, 3.63) is 0 Å². The van der Waals surface area contributed by atoms with Crippen LogP contribution in [0.2, 0.25) is 0 Å². The van der Waals surface area contributed by atoms with Crippen molar-refractivity contribution in [2.45, 2.75) is 51.5 Å². The number of hydrogen-bond acceptors (Lipinski definition) is 5. The minimum absolute atomic E-state index is 0.0529. The van der Waals surface area contributed by atoms with Gasteiger partial charge in [0.1, 0.15) is 11.8 Å². The quantitative estimate of drug-likeness (QED) is 0.579. The maximum atomic E-state index is 11.6. The van der Waals surface area contributed by atoms with Gasteiger partial charge in [-0.15, -0.1) is 0 Å². The topological polar surface area (TPSA) is 90.8 Å². The molecule has 0 aromatic heterocycles. The van der Waals surface area contributed by atoms with E-state index in [0.29, 0.717) is 6.42 Å². The van der Waals surface area contributed by atoms with Gasteiger partial charge in [0.05, 0.1) is 12.6 Å². The predicted octanol–water partition coefficient (Wildman–Crippen LogP) is 0.190. The molecule has 6 heteroatoms. The van der Waals surface area contributed by atoms with Gasteiger partial charge in [-0.1, -0.05) is 0 Å². The molecule has 1 amide bonds. The summed E-state index contributed by atoms with van der Waals surface area (Å²) in [6, 6.07) is -0.389. The van der Waals surface area contributed by atoms with E-state index in [4.69, 9.17) is 4.74 Å². The molecule has 2 unspecified atom stereocenters. The Hall–Kier alpha value is -0.850. The molecule has 1 heterocycles. The Kier molecular flexibility index (Phi) is 5.37. The molecule has 0 bridgehead atoms. The van der Waals surface area contributed by atoms with Crippen molar-refractivity contribution >= 4 is 6.09 Å². The van der Waals surface area contributed by atoms with Crippen LogP contribution >= 0.6 is 0 Å². The van der Waals surface area contributed by atoms with E-state index >= 15 is 0 Å². The second-order valence-corrected chi connectivity index (χ2v) is 5.71. The summed E-state index contributed by atoms with van der Waals surface area (Å²) in [5, 5.41) is 24.4. The van der Waals surface area contributed by atoms with Crippen molar-refractivity contribution < 1.29 is 19.7 Å². The van der Waals surface area contributed by atoms with Gasteiger partial charge in [0.15, 0.2) is 0 Å². The van der Waals surface area contributed by atoms with Crippen LogP contribution in [0.1, 0.15) is 33.6 Å². The summed E-state index contributed by atoms with van der Waals surface area (Å²) >= 11 is 0. The largest absolute Gasteiger partial charge is 0.444 e. The fourth-order valence-electron chi connectivity index (χ4n) is 2.01. The second-order valence-electron chi connectivity index (χ2n) is 5.71. The smallest absolute Gasteiger partial charge is 0.407 e. The van der Waals surface area contributed by atoms with Crippen molar-refractivity contribution in [2.24, 2.45) is 5.92 Å². The van der Waals surface area contributed by atoms with E-state index in [2.05, 4.69) is 10.6 Å². The van der Waals surface area contributed by atoms with Crippen LogP contribution < -0.4 is 10.6 Å². The molecule has 1 aliphatic rings. The first-order valence-electron chi connectivity index (χ1n) is 6.33. The number of carbonyl (C=O) groups is 1. The Morgan fingerprint density at radius 3 is 2.67 bits per heavy atom. The maximum absolute atomic E-state index is 11.6. The van der Waals surface area contributed by atoms with E-state index in [0.717, 1.165) is 13.0 Å². The first kappa shape index (κ1) is 15.2. The lowest BCUT2D eigenvalue weighted by atomic mass is 9.98. The molecule has 6 nitrogen and oxygen atoms in total. The van der Waals surface area contributed by atoms with E-state index in [1.54, 1.807) is 20.8 Å². The first-order chi connectivity index (χ1) is 8.31. The molecule has 4 N–H and O–H groups in total. The van der Waals surface area contributed by atoms with Crippen molar-refractivity contribution in [1.82, 2.24) is 10.6 Å². The Balaban J connectivity index is 2.39. The van der Waals surface area contributed by atoms with E-state index in [9.17, 15) is 15.0 Å². The van der Waals surface area contributed by atoms with Crippen molar-refractivity contribution in [2.75, 3.05) is 13.2 Å². The number of nitrogens with one attached hydrogen (secondary N) is 2. The van der Waals surface area contributed by atoms with E-state index in [1.165, 1.54) is 0 Å². The molecular weight excluding hydrogens is 236 g/mol. The minimum Gasteiger partial charge on any atom is -0.444 e. The Bertz CT molecular complexity index is 278. The van der Waals surface area contributed by atoms with Gasteiger partial charge in [-0.3, -0.25) is 5.32 Å². The monoisotopic (exact) mass is 260 g/mol. The summed E-state index contributed by atoms with van der Waals surface area (Å²) in [6.07, 6.45) is 0.277. The lowest BCUT2D eigenvalue weighted by Gasteiger charge is -2.24. The summed E-state index contributed by atoms with van der Waals surface area (Å²) in [4.78, 5) is 11.6. The minimum atomic E-state index is -0.557. The highest BCUT2D eigenvalue weighted by atomic mass is 16.6. The van der Waals surface area contributed by atoms with Gasteiger partial charge in [-0.2, -0.15) is 0 Å². The van der Waals surface area contributed by atoms with Crippen LogP contribution in [0.15, 0.2) is 0 Å². The number of carbonyl (C=O) groups excluding carboxylic acids is 1. The summed E-state index contributed by atoms with van der Waals surface area (Å²) in [5.74, 6) is 0.0529. The zero-order valence-corrected chi connectivity index (χ0v) is 11.3. The molecule has 3 atom stereocenters. The predicted molar refractivity (Wildman–Crippen MR) is 67.0 cm³/mol. The van der Waals surface area contributed by atoms with E-state index < -0.39 is 17.9 Å². The van der Waals surface area contributed by atoms with Crippen LogP contribution in [-0.2, 0) is 4.74 Å². The average Bonchev–Trinajstić information content (AvgIpc) is 2.60. The number of aliphatic hydroxyl groups excluding tert-OH is 2. The third kappa shape index (κ3) is 5.20. The third-order valence-electron chi connectivity index (χ3n) is 2.84. The zero-order chi connectivity index (χ0) is 13.8. The normalized spacial score (nSPS) is 25.8. The molecule has 1 rings (SSSR count). The van der Waals surface area contributed by atoms with Gasteiger partial charge in [0.25, 0.3) is 0 Å². The highest BCUT2D eigenvalue weighted by Crippen LogP contribution is 2.19. The number of alkyl carbamates (subject to hydrolysis) is 1. The molecule has 0 radical (unpaired) electrons. The molecular formula is C12H24N2O4. The van der Waals surface area contributed by atoms with Gasteiger partial charge >= 0.3 is 6.09 Å². The highest BCUT2D eigenvalue weighted by Gasteiger charge is 2.28. The summed E-state index contributed by atoms with van der Waals surface area (Å²) in [7, 11) is 0. The third-order valence-corrected chi connectivity index (χ3v) is 2.84. The van der Waals surface area contributed by atoms with E-state index in [-0.39, 0.29) is 18.6 Å². The van der Waals surface area contributed by atoms with Crippen LogP contribution in [0.3, 0.4) is 0 Å². The molecule has 1 fully saturated rings. The van der Waals surface area contributed by atoms with Crippen molar-refractivity contribution in [3.63, 3.8) is 0 Å². The Morgan fingerprint density at radius 2 is 2.22 bits per heavy atom. The summed E-state index contributed by atoms with van der Waals surface area (Å²) in [5.41, 5.74) is -0.557. The Morgan fingerprint density at radius 1 is 1.56 bits per heavy atom. The molecule has 1 saturated heterocycles. The molecule has 106 valence electrons. The molecule has 0 spiro atoms. The van der Waals surface area contributed by atoms with Crippen LogP contribution in [0.4, 0.5) is 4.79 Å². The lowest BCUT2D eigenvalue weighted by Crippen LogP contribution is -2.43. The summed E-state index contributed by atoms with van der Waals surface area (Å²) in [6.45, 7) is 5.94. The van der Waals surface area contributed by atoms with Crippen molar-refractivity contribution in [1.29, 1.82) is 0 Å². The number of ether oxygens (including phenoxy) is 1. The van der Waals surface area contributed by atoms with Gasteiger partial charge in [0, 0.05) is 5.92 Å². The SMILES string of the molecule is CC(C)(C)OC(=O)NC(CO)CC1CCN[C@@H]1O. The number of rotatable bonds is 4. The van der Waals surface area contributed by atoms with Crippen LogP contribution in [-0.4, -0.2) is 47.3 Å². The molecule has 0 aliphatic carbocycles. The van der Waals surface area contributed by atoms with Gasteiger partial charge in [-0.25, -0.2) is 4.79 Å². The highest BCUT2D eigenvalue weighted by molar-refractivity contribution is 5.68. The fraction of sp³-hybridized carbons (Fsp3) is 0.917. The number of hydrogen-bond donors (Lipinski definition) is 4. The number of aliphatic hydroxyl groups is 2. The average molecular weight is 260 g/mol. The number of amides is 1. The Labute approximate surface area is 108 Å². The standard InChI is InChI=1S/C12H24N2O4/c1-12(2,3)18-11(17)14-9(7-15)6-8-4-5-13-10(8)16/h8-10,13,15-16H,4-7H2,1-3H3,(H,14,17)/t8?,9?,10-/m1/s1. The van der Waals surface area contributed by atoms with Gasteiger partial charge < -0.3 is 20.3 Å². The van der Waals surface area contributed by atoms with E-state index in [1.807, 2.05) is 0 Å². The zero-order valence-electron chi connectivity index (χ0n) is 11.3. The van der Waals surface area contributed by atoms with Gasteiger partial charge in [0.2, 0.25) is 0 Å². The fourth-order valence-corrected chi connectivity index (χ4v) is 2.01. The van der Waals surface area contributed by atoms with Crippen LogP contribution in [0.25, 0.3) is 0 Å². The summed E-state index contributed by atoms with van der Waals surface area (Å²) < 4.78 is 5.12. The van der Waals surface area contributed by atoms with Crippen LogP contribution in [0.5, 0.6) is 0 Å². The molecule has 0 saturated carbocycles. The molecule has 18 heavy (non-hydrogen) atoms. The van der Waals surface area contributed by atoms with Crippen LogP contribution in [0, 0.1) is 5.92 Å². The van der Waals surface area contributed by atoms with Crippen molar-refractivity contribution in [3.8, 4) is 0 Å². The van der Waals surface area contributed by atoms with Gasteiger partial charge in [-0.05, 0) is 40.2 Å². The molecule has 0 aromatic carbocycles. The maximum Gasteiger partial charge on any atom is 0.407 e. The second kappa shape index (κ2) is 6.36. The lowest BCUT2D eigenvalue weighted by molar-refractivity contribution is 0.0444. The molecule has 1 aliphatic heterocycles. The first-order valence-corrected chi connectivity index (χ1v) is 6.33.